The summed E-state index contributed by atoms with van der Waals surface area (Å²) in [7, 11) is 0. The van der Waals surface area contributed by atoms with Crippen molar-refractivity contribution in [2.75, 3.05) is 0 Å². The molecule has 0 aliphatic carbocycles. The molecule has 1 aromatic carbocycles. The molecular formula is C12H14N2O2. The van der Waals surface area contributed by atoms with Gasteiger partial charge in [-0.15, -0.1) is 0 Å². The fraction of sp³-hybridized carbons (Fsp3) is 0.333. The average Bonchev–Trinajstić information content (AvgIpc) is 2.25. The van der Waals surface area contributed by atoms with Gasteiger partial charge in [-0.05, 0) is 13.8 Å². The van der Waals surface area contributed by atoms with Crippen molar-refractivity contribution in [2.24, 2.45) is 0 Å². The normalized spacial score (nSPS) is 23.6. The van der Waals surface area contributed by atoms with E-state index in [1.807, 2.05) is 30.3 Å². The Bertz CT molecular complexity index is 426. The molecular weight excluding hydrogens is 204 g/mol. The van der Waals surface area contributed by atoms with Crippen molar-refractivity contribution >= 4 is 0 Å². The second-order valence-corrected chi connectivity index (χ2v) is 4.45. The van der Waals surface area contributed by atoms with Crippen LogP contribution in [0.3, 0.4) is 0 Å². The lowest BCUT2D eigenvalue weighted by Crippen LogP contribution is -2.48. The SMILES string of the molecule is CC1(C)C(c2ccccc2)[N+](=O)C=CN1[O-]. The number of hydroxylamine groups is 2. The maximum atomic E-state index is 11.8. The first-order valence-corrected chi connectivity index (χ1v) is 5.18. The van der Waals surface area contributed by atoms with Crippen LogP contribution in [0.1, 0.15) is 25.5 Å². The third kappa shape index (κ3) is 1.61. The van der Waals surface area contributed by atoms with E-state index in [9.17, 15) is 10.1 Å². The summed E-state index contributed by atoms with van der Waals surface area (Å²) in [5.74, 6) is 0. The summed E-state index contributed by atoms with van der Waals surface area (Å²) in [6.07, 6.45) is 2.54. The van der Waals surface area contributed by atoms with E-state index >= 15 is 0 Å². The molecule has 4 nitrogen and oxygen atoms in total. The number of benzene rings is 1. The number of hydrogen-bond donors (Lipinski definition) is 0. The Balaban J connectivity index is 2.47. The summed E-state index contributed by atoms with van der Waals surface area (Å²) in [5.41, 5.74) is 0.0883. The Labute approximate surface area is 94.3 Å². The van der Waals surface area contributed by atoms with Gasteiger partial charge in [-0.1, -0.05) is 30.3 Å². The summed E-state index contributed by atoms with van der Waals surface area (Å²) in [4.78, 5) is 11.8. The maximum absolute atomic E-state index is 11.8. The molecule has 0 spiro atoms. The highest BCUT2D eigenvalue weighted by Crippen LogP contribution is 2.36. The van der Waals surface area contributed by atoms with Crippen molar-refractivity contribution < 1.29 is 4.76 Å². The number of nitroso groups, excluding NO2 is 1. The highest BCUT2D eigenvalue weighted by molar-refractivity contribution is 5.22. The molecule has 1 aliphatic rings. The minimum absolute atomic E-state index is 0.476. The van der Waals surface area contributed by atoms with E-state index in [1.165, 1.54) is 12.4 Å². The van der Waals surface area contributed by atoms with Gasteiger partial charge in [0, 0.05) is 15.2 Å². The highest BCUT2D eigenvalue weighted by Gasteiger charge is 2.45. The molecule has 1 aromatic rings. The second-order valence-electron chi connectivity index (χ2n) is 4.45. The van der Waals surface area contributed by atoms with Crippen molar-refractivity contribution in [3.8, 4) is 0 Å². The minimum atomic E-state index is -0.766. The highest BCUT2D eigenvalue weighted by atomic mass is 16.5. The van der Waals surface area contributed by atoms with Crippen molar-refractivity contribution in [3.05, 3.63) is 58.4 Å². The maximum Gasteiger partial charge on any atom is 0.254 e. The molecule has 0 aromatic heterocycles. The molecule has 0 saturated heterocycles. The van der Waals surface area contributed by atoms with Crippen LogP contribution in [-0.2, 0) is 0 Å². The van der Waals surface area contributed by atoms with Crippen molar-refractivity contribution in [1.29, 1.82) is 0 Å². The Kier molecular flexibility index (Phi) is 2.52. The summed E-state index contributed by atoms with van der Waals surface area (Å²) < 4.78 is 0.837. The van der Waals surface area contributed by atoms with E-state index in [1.54, 1.807) is 13.8 Å². The fourth-order valence-electron chi connectivity index (χ4n) is 2.03. The molecule has 1 aliphatic heterocycles. The van der Waals surface area contributed by atoms with Crippen molar-refractivity contribution in [1.82, 2.24) is 5.06 Å². The van der Waals surface area contributed by atoms with E-state index in [0.717, 1.165) is 15.4 Å². The van der Waals surface area contributed by atoms with Crippen molar-refractivity contribution in [3.63, 3.8) is 0 Å². The van der Waals surface area contributed by atoms with Gasteiger partial charge in [0.25, 0.3) is 6.04 Å². The standard InChI is InChI=1S/C12H14N2O2/c1-12(2)11(10-6-4-3-5-7-10)13(15)8-9-14(12)16/h3-9,11H,1-2H3. The third-order valence-corrected chi connectivity index (χ3v) is 2.96. The Morgan fingerprint density at radius 2 is 1.94 bits per heavy atom. The van der Waals surface area contributed by atoms with Crippen LogP contribution in [0.4, 0.5) is 0 Å². The molecule has 1 heterocycles. The molecule has 0 bridgehead atoms. The van der Waals surface area contributed by atoms with E-state index in [2.05, 4.69) is 0 Å². The zero-order valence-electron chi connectivity index (χ0n) is 9.33. The third-order valence-electron chi connectivity index (χ3n) is 2.96. The van der Waals surface area contributed by atoms with Crippen LogP contribution < -0.4 is 0 Å². The lowest BCUT2D eigenvalue weighted by molar-refractivity contribution is -0.550. The number of hydrogen-bond acceptors (Lipinski definition) is 3. The summed E-state index contributed by atoms with van der Waals surface area (Å²) in [6, 6.07) is 8.88. The van der Waals surface area contributed by atoms with E-state index in [4.69, 9.17) is 0 Å². The van der Waals surface area contributed by atoms with Crippen LogP contribution in [0.15, 0.2) is 42.7 Å². The summed E-state index contributed by atoms with van der Waals surface area (Å²) in [6.45, 7) is 3.54. The summed E-state index contributed by atoms with van der Waals surface area (Å²) >= 11 is 0. The van der Waals surface area contributed by atoms with Crippen LogP contribution in [0.2, 0.25) is 0 Å². The van der Waals surface area contributed by atoms with Gasteiger partial charge in [0.1, 0.15) is 0 Å². The van der Waals surface area contributed by atoms with Gasteiger partial charge in [-0.3, -0.25) is 0 Å². The number of rotatable bonds is 1. The van der Waals surface area contributed by atoms with E-state index in [-0.39, 0.29) is 0 Å². The lowest BCUT2D eigenvalue weighted by Gasteiger charge is -2.45. The van der Waals surface area contributed by atoms with E-state index in [0.29, 0.717) is 0 Å². The van der Waals surface area contributed by atoms with Gasteiger partial charge >= 0.3 is 0 Å². The Morgan fingerprint density at radius 3 is 2.56 bits per heavy atom. The lowest BCUT2D eigenvalue weighted by atomic mass is 9.87. The van der Waals surface area contributed by atoms with Crippen LogP contribution in [0.5, 0.6) is 0 Å². The first kappa shape index (κ1) is 10.8. The van der Waals surface area contributed by atoms with Gasteiger partial charge in [-0.25, -0.2) is 0 Å². The molecule has 0 fully saturated rings. The smallest absolute Gasteiger partial charge is 0.254 e. The van der Waals surface area contributed by atoms with Crippen LogP contribution in [0, 0.1) is 10.1 Å². The predicted molar refractivity (Wildman–Crippen MR) is 61.2 cm³/mol. The Morgan fingerprint density at radius 1 is 1.31 bits per heavy atom. The monoisotopic (exact) mass is 218 g/mol. The zero-order valence-corrected chi connectivity index (χ0v) is 9.33. The second kappa shape index (κ2) is 3.72. The Hall–Kier alpha value is -1.68. The molecule has 0 saturated carbocycles. The molecule has 0 radical (unpaired) electrons. The molecule has 1 unspecified atom stereocenters. The average molecular weight is 218 g/mol. The largest absolute Gasteiger partial charge is 0.758 e. The van der Waals surface area contributed by atoms with Gasteiger partial charge in [0.15, 0.2) is 0 Å². The molecule has 84 valence electrons. The number of nitrogens with zero attached hydrogens (tertiary/aromatic N) is 2. The first-order valence-electron chi connectivity index (χ1n) is 5.18. The van der Waals surface area contributed by atoms with Gasteiger partial charge < -0.3 is 10.3 Å². The summed E-state index contributed by atoms with van der Waals surface area (Å²) in [5, 5.41) is 12.5. The topological polar surface area (TPSA) is 46.4 Å². The van der Waals surface area contributed by atoms with Crippen LogP contribution >= 0.6 is 0 Å². The van der Waals surface area contributed by atoms with Crippen LogP contribution in [-0.4, -0.2) is 15.4 Å². The first-order chi connectivity index (χ1) is 7.53. The van der Waals surface area contributed by atoms with Gasteiger partial charge in [-0.2, -0.15) is 0 Å². The fourth-order valence-corrected chi connectivity index (χ4v) is 2.03. The molecule has 0 N–H and O–H groups in total. The minimum Gasteiger partial charge on any atom is -0.758 e. The zero-order chi connectivity index (χ0) is 11.8. The van der Waals surface area contributed by atoms with Crippen LogP contribution in [0.25, 0.3) is 0 Å². The van der Waals surface area contributed by atoms with Gasteiger partial charge in [0.05, 0.1) is 11.7 Å². The predicted octanol–water partition coefficient (Wildman–Crippen LogP) is 2.57. The molecule has 0 amide bonds. The molecule has 1 atom stereocenters. The van der Waals surface area contributed by atoms with Gasteiger partial charge in [0.2, 0.25) is 6.20 Å². The van der Waals surface area contributed by atoms with E-state index < -0.39 is 11.6 Å². The van der Waals surface area contributed by atoms with Crippen molar-refractivity contribution in [2.45, 2.75) is 25.4 Å². The quantitative estimate of drug-likeness (QED) is 0.680. The molecule has 2 rings (SSSR count). The molecule has 4 heteroatoms. The molecule has 16 heavy (non-hydrogen) atoms.